The Bertz CT molecular complexity index is 308. The number of hydrogen-bond acceptors (Lipinski definition) is 4. The molecule has 2 rings (SSSR count). The molecule has 94 valence electrons. The van der Waals surface area contributed by atoms with Crippen molar-refractivity contribution in [2.75, 3.05) is 25.5 Å². The minimum Gasteiger partial charge on any atom is -0.380 e. The molecule has 1 aliphatic carbocycles. The Kier molecular flexibility index (Phi) is 4.18. The zero-order chi connectivity index (χ0) is 11.4. The molecular formula is C10H20N2O3S. The van der Waals surface area contributed by atoms with E-state index in [4.69, 9.17) is 4.74 Å². The Morgan fingerprint density at radius 2 is 2.00 bits per heavy atom. The van der Waals surface area contributed by atoms with Crippen LogP contribution in [-0.4, -0.2) is 46.0 Å². The van der Waals surface area contributed by atoms with Crippen LogP contribution in [0.4, 0.5) is 0 Å². The van der Waals surface area contributed by atoms with E-state index in [-0.39, 0.29) is 11.8 Å². The van der Waals surface area contributed by atoms with Crippen LogP contribution in [-0.2, 0) is 14.8 Å². The van der Waals surface area contributed by atoms with E-state index < -0.39 is 10.0 Å². The SMILES string of the molecule is O=S(=O)(CCCNC1CC1)NC1CCOC1. The summed E-state index contributed by atoms with van der Waals surface area (Å²) in [6, 6.07) is 0.639. The average Bonchev–Trinajstić information content (AvgIpc) is 2.91. The second kappa shape index (κ2) is 5.44. The van der Waals surface area contributed by atoms with E-state index in [0.29, 0.717) is 25.7 Å². The second-order valence-corrected chi connectivity index (χ2v) is 6.45. The highest BCUT2D eigenvalue weighted by atomic mass is 32.2. The van der Waals surface area contributed by atoms with E-state index in [1.807, 2.05) is 0 Å². The van der Waals surface area contributed by atoms with Gasteiger partial charge >= 0.3 is 0 Å². The first-order valence-electron chi connectivity index (χ1n) is 5.97. The lowest BCUT2D eigenvalue weighted by Crippen LogP contribution is -2.37. The topological polar surface area (TPSA) is 67.4 Å². The molecule has 1 saturated carbocycles. The van der Waals surface area contributed by atoms with E-state index in [1.165, 1.54) is 12.8 Å². The van der Waals surface area contributed by atoms with Gasteiger partial charge in [0.05, 0.1) is 12.4 Å². The van der Waals surface area contributed by atoms with Crippen molar-refractivity contribution in [1.82, 2.24) is 10.0 Å². The molecule has 1 unspecified atom stereocenters. The maximum Gasteiger partial charge on any atom is 0.211 e. The summed E-state index contributed by atoms with van der Waals surface area (Å²) in [6.07, 6.45) is 3.95. The largest absolute Gasteiger partial charge is 0.380 e. The van der Waals surface area contributed by atoms with Crippen LogP contribution in [0.15, 0.2) is 0 Å². The van der Waals surface area contributed by atoms with Gasteiger partial charge in [0.1, 0.15) is 0 Å². The number of ether oxygens (including phenoxy) is 1. The van der Waals surface area contributed by atoms with E-state index in [2.05, 4.69) is 10.0 Å². The van der Waals surface area contributed by atoms with Gasteiger partial charge in [0.15, 0.2) is 0 Å². The van der Waals surface area contributed by atoms with Gasteiger partial charge in [0.2, 0.25) is 10.0 Å². The Balaban J connectivity index is 1.61. The number of nitrogens with one attached hydrogen (secondary N) is 2. The molecule has 1 heterocycles. The van der Waals surface area contributed by atoms with Gasteiger partial charge in [-0.15, -0.1) is 0 Å². The predicted molar refractivity (Wildman–Crippen MR) is 61.8 cm³/mol. The van der Waals surface area contributed by atoms with Crippen molar-refractivity contribution in [1.29, 1.82) is 0 Å². The molecule has 1 aliphatic heterocycles. The molecule has 2 N–H and O–H groups in total. The van der Waals surface area contributed by atoms with Crippen molar-refractivity contribution >= 4 is 10.0 Å². The van der Waals surface area contributed by atoms with Crippen LogP contribution in [0, 0.1) is 0 Å². The van der Waals surface area contributed by atoms with Gasteiger partial charge < -0.3 is 10.1 Å². The number of hydrogen-bond donors (Lipinski definition) is 2. The summed E-state index contributed by atoms with van der Waals surface area (Å²) in [6.45, 7) is 1.97. The maximum absolute atomic E-state index is 11.7. The second-order valence-electron chi connectivity index (χ2n) is 4.58. The molecule has 2 aliphatic rings. The molecule has 0 radical (unpaired) electrons. The first-order valence-corrected chi connectivity index (χ1v) is 7.62. The fraction of sp³-hybridized carbons (Fsp3) is 1.00. The molecule has 1 atom stereocenters. The highest BCUT2D eigenvalue weighted by Crippen LogP contribution is 2.18. The fourth-order valence-electron chi connectivity index (χ4n) is 1.80. The third kappa shape index (κ3) is 4.37. The van der Waals surface area contributed by atoms with Gasteiger partial charge in [-0.3, -0.25) is 0 Å². The smallest absolute Gasteiger partial charge is 0.211 e. The van der Waals surface area contributed by atoms with Crippen LogP contribution >= 0.6 is 0 Å². The summed E-state index contributed by atoms with van der Waals surface area (Å²) in [4.78, 5) is 0. The normalized spacial score (nSPS) is 26.1. The maximum atomic E-state index is 11.7. The molecule has 16 heavy (non-hydrogen) atoms. The molecule has 1 saturated heterocycles. The summed E-state index contributed by atoms with van der Waals surface area (Å²) in [5, 5.41) is 3.31. The number of sulfonamides is 1. The lowest BCUT2D eigenvalue weighted by molar-refractivity contribution is 0.192. The highest BCUT2D eigenvalue weighted by molar-refractivity contribution is 7.89. The van der Waals surface area contributed by atoms with E-state index in [1.54, 1.807) is 0 Å². The fourth-order valence-corrected chi connectivity index (χ4v) is 3.13. The van der Waals surface area contributed by atoms with Gasteiger partial charge in [0, 0.05) is 18.7 Å². The van der Waals surface area contributed by atoms with Crippen molar-refractivity contribution in [2.45, 2.75) is 37.8 Å². The van der Waals surface area contributed by atoms with Crippen molar-refractivity contribution < 1.29 is 13.2 Å². The zero-order valence-corrected chi connectivity index (χ0v) is 10.3. The van der Waals surface area contributed by atoms with E-state index in [9.17, 15) is 8.42 Å². The quantitative estimate of drug-likeness (QED) is 0.614. The van der Waals surface area contributed by atoms with E-state index >= 15 is 0 Å². The minimum absolute atomic E-state index is 0.0126. The molecule has 0 bridgehead atoms. The lowest BCUT2D eigenvalue weighted by Gasteiger charge is -2.11. The van der Waals surface area contributed by atoms with Gasteiger partial charge in [-0.05, 0) is 32.2 Å². The Morgan fingerprint density at radius 3 is 2.62 bits per heavy atom. The van der Waals surface area contributed by atoms with Gasteiger partial charge in [0.25, 0.3) is 0 Å². The molecule has 5 nitrogen and oxygen atoms in total. The Morgan fingerprint density at radius 1 is 1.19 bits per heavy atom. The first-order chi connectivity index (χ1) is 7.66. The molecule has 0 aromatic carbocycles. The van der Waals surface area contributed by atoms with Crippen molar-refractivity contribution in [2.24, 2.45) is 0 Å². The predicted octanol–water partition coefficient (Wildman–Crippen LogP) is -0.163. The molecule has 0 spiro atoms. The minimum atomic E-state index is -3.11. The molecule has 0 aromatic rings. The zero-order valence-electron chi connectivity index (χ0n) is 9.44. The van der Waals surface area contributed by atoms with Crippen molar-refractivity contribution in [3.63, 3.8) is 0 Å². The standard InChI is InChI=1S/C10H20N2O3S/c13-16(14,12-10-4-6-15-8-10)7-1-5-11-9-2-3-9/h9-12H,1-8H2. The van der Waals surface area contributed by atoms with Gasteiger partial charge in [-0.1, -0.05) is 0 Å². The molecule has 2 fully saturated rings. The summed E-state index contributed by atoms with van der Waals surface area (Å²) in [5.74, 6) is 0.212. The van der Waals surface area contributed by atoms with Gasteiger partial charge in [-0.2, -0.15) is 0 Å². The Hall–Kier alpha value is -0.170. The van der Waals surface area contributed by atoms with Crippen LogP contribution in [0.5, 0.6) is 0 Å². The monoisotopic (exact) mass is 248 g/mol. The number of rotatable bonds is 7. The molecule has 0 aromatic heterocycles. The van der Waals surface area contributed by atoms with Crippen LogP contribution < -0.4 is 10.0 Å². The summed E-state index contributed by atoms with van der Waals surface area (Å²) in [5.41, 5.74) is 0. The van der Waals surface area contributed by atoms with Gasteiger partial charge in [-0.25, -0.2) is 13.1 Å². The highest BCUT2D eigenvalue weighted by Gasteiger charge is 2.22. The van der Waals surface area contributed by atoms with Crippen molar-refractivity contribution in [3.05, 3.63) is 0 Å². The van der Waals surface area contributed by atoms with Crippen LogP contribution in [0.25, 0.3) is 0 Å². The Labute approximate surface area is 97.0 Å². The summed E-state index contributed by atoms with van der Waals surface area (Å²) < 4.78 is 31.1. The molecular weight excluding hydrogens is 228 g/mol. The molecule has 0 amide bonds. The summed E-state index contributed by atoms with van der Waals surface area (Å²) in [7, 11) is -3.11. The van der Waals surface area contributed by atoms with Crippen LogP contribution in [0.2, 0.25) is 0 Å². The first kappa shape index (κ1) is 12.3. The molecule has 6 heteroatoms. The van der Waals surface area contributed by atoms with Crippen LogP contribution in [0.3, 0.4) is 0 Å². The third-order valence-electron chi connectivity index (χ3n) is 2.88. The summed E-state index contributed by atoms with van der Waals surface area (Å²) >= 11 is 0. The van der Waals surface area contributed by atoms with E-state index in [0.717, 1.165) is 13.0 Å². The average molecular weight is 248 g/mol. The van der Waals surface area contributed by atoms with Crippen LogP contribution in [0.1, 0.15) is 25.7 Å². The lowest BCUT2D eigenvalue weighted by atomic mass is 10.3. The third-order valence-corrected chi connectivity index (χ3v) is 4.39. The van der Waals surface area contributed by atoms with Crippen molar-refractivity contribution in [3.8, 4) is 0 Å².